The summed E-state index contributed by atoms with van der Waals surface area (Å²) >= 11 is 0. The summed E-state index contributed by atoms with van der Waals surface area (Å²) in [5, 5.41) is 0. The predicted molar refractivity (Wildman–Crippen MR) is 104 cm³/mol. The van der Waals surface area contributed by atoms with Crippen LogP contribution < -0.4 is 9.04 Å². The highest BCUT2D eigenvalue weighted by molar-refractivity contribution is 7.92. The van der Waals surface area contributed by atoms with Crippen LogP contribution in [0, 0.1) is 0 Å². The molecule has 0 spiro atoms. The molecule has 2 aliphatic rings. The highest BCUT2D eigenvalue weighted by Crippen LogP contribution is 2.38. The zero-order valence-electron chi connectivity index (χ0n) is 15.2. The molecule has 144 valence electrons. The van der Waals surface area contributed by atoms with E-state index in [1.165, 1.54) is 4.31 Å². The van der Waals surface area contributed by atoms with Crippen LogP contribution in [0.15, 0.2) is 53.4 Å². The molecule has 0 amide bonds. The molecule has 1 saturated heterocycles. The summed E-state index contributed by atoms with van der Waals surface area (Å²) in [6.45, 7) is 5.27. The maximum Gasteiger partial charge on any atom is 0.264 e. The molecule has 2 aliphatic heterocycles. The average molecular weight is 388 g/mol. The Bertz CT molecular complexity index is 880. The molecule has 2 heterocycles. The second kappa shape index (κ2) is 7.88. The number of ether oxygens (including phenoxy) is 2. The Morgan fingerprint density at radius 2 is 1.74 bits per heavy atom. The van der Waals surface area contributed by atoms with E-state index in [2.05, 4.69) is 4.90 Å². The quantitative estimate of drug-likeness (QED) is 0.759. The smallest absolute Gasteiger partial charge is 0.264 e. The van der Waals surface area contributed by atoms with Crippen molar-refractivity contribution in [2.45, 2.75) is 11.3 Å². The molecule has 7 heteroatoms. The van der Waals surface area contributed by atoms with E-state index in [9.17, 15) is 8.42 Å². The van der Waals surface area contributed by atoms with Gasteiger partial charge in [0.05, 0.1) is 23.8 Å². The van der Waals surface area contributed by atoms with Gasteiger partial charge in [-0.25, -0.2) is 8.42 Å². The molecule has 0 bridgehead atoms. The molecule has 0 saturated carbocycles. The molecule has 27 heavy (non-hydrogen) atoms. The van der Waals surface area contributed by atoms with Crippen LogP contribution in [0.2, 0.25) is 0 Å². The summed E-state index contributed by atoms with van der Waals surface area (Å²) in [6.07, 6.45) is 0.662. The first-order valence-electron chi connectivity index (χ1n) is 9.29. The number of rotatable bonds is 6. The number of hydrogen-bond acceptors (Lipinski definition) is 5. The van der Waals surface area contributed by atoms with Crippen molar-refractivity contribution in [1.29, 1.82) is 0 Å². The second-order valence-electron chi connectivity index (χ2n) is 6.70. The lowest BCUT2D eigenvalue weighted by Crippen LogP contribution is -2.38. The third kappa shape index (κ3) is 3.81. The van der Waals surface area contributed by atoms with E-state index in [1.54, 1.807) is 24.3 Å². The Hall–Kier alpha value is -2.09. The molecule has 0 unspecified atom stereocenters. The minimum Gasteiger partial charge on any atom is -0.492 e. The van der Waals surface area contributed by atoms with Gasteiger partial charge in [0.2, 0.25) is 0 Å². The first-order chi connectivity index (χ1) is 13.2. The van der Waals surface area contributed by atoms with Crippen LogP contribution in [0.3, 0.4) is 0 Å². The van der Waals surface area contributed by atoms with Crippen LogP contribution in [0.25, 0.3) is 0 Å². The van der Waals surface area contributed by atoms with Crippen LogP contribution in [-0.4, -0.2) is 59.3 Å². The summed E-state index contributed by atoms with van der Waals surface area (Å²) in [4.78, 5) is 2.63. The largest absolute Gasteiger partial charge is 0.492 e. The maximum atomic E-state index is 13.0. The van der Waals surface area contributed by atoms with Gasteiger partial charge < -0.3 is 9.47 Å². The van der Waals surface area contributed by atoms with Crippen molar-refractivity contribution in [3.63, 3.8) is 0 Å². The minimum absolute atomic E-state index is 0.316. The first-order valence-corrected chi connectivity index (χ1v) is 10.7. The van der Waals surface area contributed by atoms with Gasteiger partial charge in [-0.2, -0.15) is 0 Å². The van der Waals surface area contributed by atoms with Gasteiger partial charge in [0.25, 0.3) is 10.0 Å². The van der Waals surface area contributed by atoms with Crippen molar-refractivity contribution in [3.8, 4) is 5.75 Å². The third-order valence-corrected chi connectivity index (χ3v) is 6.87. The Morgan fingerprint density at radius 3 is 2.52 bits per heavy atom. The van der Waals surface area contributed by atoms with Crippen LogP contribution in [0.5, 0.6) is 5.75 Å². The van der Waals surface area contributed by atoms with Gasteiger partial charge in [0.1, 0.15) is 12.4 Å². The van der Waals surface area contributed by atoms with E-state index in [0.717, 1.165) is 49.8 Å². The maximum absolute atomic E-state index is 13.0. The van der Waals surface area contributed by atoms with Gasteiger partial charge >= 0.3 is 0 Å². The van der Waals surface area contributed by atoms with Crippen molar-refractivity contribution in [3.05, 3.63) is 54.1 Å². The monoisotopic (exact) mass is 388 g/mol. The van der Waals surface area contributed by atoms with Crippen molar-refractivity contribution in [1.82, 2.24) is 4.90 Å². The predicted octanol–water partition coefficient (Wildman–Crippen LogP) is 2.15. The lowest BCUT2D eigenvalue weighted by atomic mass is 10.1. The minimum atomic E-state index is -3.55. The SMILES string of the molecule is O=S(=O)(c1ccccc1)N1CCc2c(OCCN3CCOCC3)cccc21. The molecule has 0 atom stereocenters. The van der Waals surface area contributed by atoms with E-state index >= 15 is 0 Å². The van der Waals surface area contributed by atoms with E-state index in [0.29, 0.717) is 24.5 Å². The molecule has 0 N–H and O–H groups in total. The lowest BCUT2D eigenvalue weighted by Gasteiger charge is -2.26. The van der Waals surface area contributed by atoms with Gasteiger partial charge in [-0.15, -0.1) is 0 Å². The molecule has 2 aromatic rings. The van der Waals surface area contributed by atoms with Crippen LogP contribution in [0.4, 0.5) is 5.69 Å². The zero-order valence-corrected chi connectivity index (χ0v) is 16.0. The molecule has 0 aromatic heterocycles. The van der Waals surface area contributed by atoms with E-state index in [1.807, 2.05) is 24.3 Å². The fourth-order valence-electron chi connectivity index (χ4n) is 3.59. The van der Waals surface area contributed by atoms with Crippen molar-refractivity contribution in [2.75, 3.05) is 50.3 Å². The van der Waals surface area contributed by atoms with Crippen molar-refractivity contribution < 1.29 is 17.9 Å². The molecular formula is C20H24N2O4S. The molecule has 0 aliphatic carbocycles. The van der Waals surface area contributed by atoms with Crippen molar-refractivity contribution >= 4 is 15.7 Å². The molecular weight excluding hydrogens is 364 g/mol. The van der Waals surface area contributed by atoms with Gasteiger partial charge in [0, 0.05) is 31.7 Å². The van der Waals surface area contributed by atoms with Crippen LogP contribution in [0.1, 0.15) is 5.56 Å². The molecule has 0 radical (unpaired) electrons. The normalized spacial score (nSPS) is 17.7. The number of sulfonamides is 1. The van der Waals surface area contributed by atoms with E-state index in [-0.39, 0.29) is 0 Å². The zero-order chi connectivity index (χ0) is 18.7. The van der Waals surface area contributed by atoms with Gasteiger partial charge in [0.15, 0.2) is 0 Å². The summed E-state index contributed by atoms with van der Waals surface area (Å²) in [7, 11) is -3.55. The number of hydrogen-bond donors (Lipinski definition) is 0. The van der Waals surface area contributed by atoms with Crippen LogP contribution in [-0.2, 0) is 21.2 Å². The summed E-state index contributed by atoms with van der Waals surface area (Å²) in [5.74, 6) is 0.784. The average Bonchev–Trinajstić information content (AvgIpc) is 3.15. The van der Waals surface area contributed by atoms with Gasteiger partial charge in [-0.1, -0.05) is 24.3 Å². The molecule has 4 rings (SSSR count). The Labute approximate surface area is 160 Å². The number of anilines is 1. The van der Waals surface area contributed by atoms with E-state index in [4.69, 9.17) is 9.47 Å². The number of fused-ring (bicyclic) bond motifs is 1. The number of benzene rings is 2. The Balaban J connectivity index is 1.49. The second-order valence-corrected chi connectivity index (χ2v) is 8.56. The van der Waals surface area contributed by atoms with Gasteiger partial charge in [-0.05, 0) is 30.7 Å². The number of morpholine rings is 1. The van der Waals surface area contributed by atoms with Gasteiger partial charge in [-0.3, -0.25) is 9.21 Å². The first kappa shape index (κ1) is 18.3. The highest BCUT2D eigenvalue weighted by atomic mass is 32.2. The fourth-order valence-corrected chi connectivity index (χ4v) is 5.10. The lowest BCUT2D eigenvalue weighted by molar-refractivity contribution is 0.0322. The van der Waals surface area contributed by atoms with Crippen LogP contribution >= 0.6 is 0 Å². The highest BCUT2D eigenvalue weighted by Gasteiger charge is 2.32. The standard InChI is InChI=1S/C20H24N2O4S/c23-27(24,17-5-2-1-3-6-17)22-10-9-18-19(22)7-4-8-20(18)26-16-13-21-11-14-25-15-12-21/h1-8H,9-16H2. The Kier molecular flexibility index (Phi) is 5.33. The number of nitrogens with zero attached hydrogens (tertiary/aromatic N) is 2. The topological polar surface area (TPSA) is 59.1 Å². The molecule has 2 aromatic carbocycles. The molecule has 6 nitrogen and oxygen atoms in total. The third-order valence-electron chi connectivity index (χ3n) is 5.04. The summed E-state index contributed by atoms with van der Waals surface area (Å²) < 4.78 is 38.9. The van der Waals surface area contributed by atoms with Crippen molar-refractivity contribution in [2.24, 2.45) is 0 Å². The summed E-state index contributed by atoms with van der Waals surface area (Å²) in [5.41, 5.74) is 1.70. The fraction of sp³-hybridized carbons (Fsp3) is 0.400. The Morgan fingerprint density at radius 1 is 0.963 bits per heavy atom. The molecule has 1 fully saturated rings. The summed E-state index contributed by atoms with van der Waals surface area (Å²) in [6, 6.07) is 14.2. The van der Waals surface area contributed by atoms with E-state index < -0.39 is 10.0 Å².